The molecular formula is C15H23N5. The van der Waals surface area contributed by atoms with Crippen molar-refractivity contribution in [2.45, 2.75) is 45.7 Å². The first-order valence-corrected chi connectivity index (χ1v) is 7.16. The molecule has 0 aliphatic rings. The van der Waals surface area contributed by atoms with E-state index in [0.29, 0.717) is 5.92 Å². The molecule has 0 bridgehead atoms. The van der Waals surface area contributed by atoms with Gasteiger partial charge in [0.2, 0.25) is 0 Å². The first kappa shape index (κ1) is 14.7. The Morgan fingerprint density at radius 1 is 1.25 bits per heavy atom. The van der Waals surface area contributed by atoms with Crippen LogP contribution in [0.2, 0.25) is 0 Å². The summed E-state index contributed by atoms with van der Waals surface area (Å²) in [6.07, 6.45) is 7.95. The van der Waals surface area contributed by atoms with Gasteiger partial charge in [-0.2, -0.15) is 5.10 Å². The largest absolute Gasteiger partial charge is 0.327 e. The van der Waals surface area contributed by atoms with Crippen LogP contribution in [-0.4, -0.2) is 25.8 Å². The molecule has 2 rings (SSSR count). The third-order valence-electron chi connectivity index (χ3n) is 3.23. The summed E-state index contributed by atoms with van der Waals surface area (Å²) >= 11 is 0. The zero-order chi connectivity index (χ0) is 14.4. The van der Waals surface area contributed by atoms with Gasteiger partial charge in [0.05, 0.1) is 0 Å². The average Bonchev–Trinajstić information content (AvgIpc) is 2.84. The molecule has 2 aromatic rings. The second-order valence-corrected chi connectivity index (χ2v) is 5.61. The fraction of sp³-hybridized carbons (Fsp3) is 0.533. The van der Waals surface area contributed by atoms with Crippen LogP contribution in [0, 0.1) is 5.92 Å². The highest BCUT2D eigenvalue weighted by atomic mass is 15.3. The Kier molecular flexibility index (Phi) is 5.24. The Labute approximate surface area is 120 Å². The van der Waals surface area contributed by atoms with E-state index in [1.807, 2.05) is 29.2 Å². The van der Waals surface area contributed by atoms with Gasteiger partial charge in [-0.3, -0.25) is 4.98 Å². The number of pyridine rings is 1. The molecule has 0 saturated heterocycles. The van der Waals surface area contributed by atoms with Crippen LogP contribution in [0.1, 0.15) is 31.7 Å². The first-order chi connectivity index (χ1) is 9.65. The Hall–Kier alpha value is -1.75. The van der Waals surface area contributed by atoms with E-state index in [4.69, 9.17) is 5.73 Å². The fourth-order valence-corrected chi connectivity index (χ4v) is 2.18. The summed E-state index contributed by atoms with van der Waals surface area (Å²) in [4.78, 5) is 8.35. The van der Waals surface area contributed by atoms with Crippen LogP contribution in [0.4, 0.5) is 0 Å². The lowest BCUT2D eigenvalue weighted by Gasteiger charge is -2.13. The molecule has 0 spiro atoms. The Morgan fingerprint density at radius 2 is 2.00 bits per heavy atom. The summed E-state index contributed by atoms with van der Waals surface area (Å²) in [5, 5.41) is 4.27. The normalized spacial score (nSPS) is 12.8. The van der Waals surface area contributed by atoms with Gasteiger partial charge in [0.25, 0.3) is 0 Å². The van der Waals surface area contributed by atoms with Crippen LogP contribution in [0.5, 0.6) is 0 Å². The molecule has 1 unspecified atom stereocenters. The van der Waals surface area contributed by atoms with E-state index in [2.05, 4.69) is 28.9 Å². The van der Waals surface area contributed by atoms with E-state index >= 15 is 0 Å². The summed E-state index contributed by atoms with van der Waals surface area (Å²) in [7, 11) is 0. The lowest BCUT2D eigenvalue weighted by atomic mass is 10.0. The number of nitrogens with two attached hydrogens (primary N) is 1. The van der Waals surface area contributed by atoms with Crippen molar-refractivity contribution in [1.29, 1.82) is 0 Å². The zero-order valence-corrected chi connectivity index (χ0v) is 12.2. The van der Waals surface area contributed by atoms with Crippen LogP contribution in [0.15, 0.2) is 30.9 Å². The van der Waals surface area contributed by atoms with Crippen LogP contribution in [-0.2, 0) is 19.4 Å². The molecule has 0 radical (unpaired) electrons. The Balaban J connectivity index is 1.85. The smallest absolute Gasteiger partial charge is 0.138 e. The lowest BCUT2D eigenvalue weighted by molar-refractivity contribution is 0.455. The number of rotatable bonds is 7. The molecule has 0 aromatic carbocycles. The highest BCUT2D eigenvalue weighted by Crippen LogP contribution is 2.08. The molecule has 20 heavy (non-hydrogen) atoms. The quantitative estimate of drug-likeness (QED) is 0.835. The maximum atomic E-state index is 6.22. The molecule has 0 fully saturated rings. The van der Waals surface area contributed by atoms with Gasteiger partial charge in [0.15, 0.2) is 0 Å². The van der Waals surface area contributed by atoms with Gasteiger partial charge in [0, 0.05) is 31.4 Å². The minimum absolute atomic E-state index is 0.110. The van der Waals surface area contributed by atoms with Crippen molar-refractivity contribution < 1.29 is 0 Å². The Bertz CT molecular complexity index is 506. The second-order valence-electron chi connectivity index (χ2n) is 5.61. The minimum Gasteiger partial charge on any atom is -0.327 e. The molecule has 1 atom stereocenters. The molecule has 108 valence electrons. The molecule has 2 aromatic heterocycles. The predicted molar refractivity (Wildman–Crippen MR) is 79.1 cm³/mol. The van der Waals surface area contributed by atoms with Crippen LogP contribution < -0.4 is 5.73 Å². The maximum Gasteiger partial charge on any atom is 0.138 e. The first-order valence-electron chi connectivity index (χ1n) is 7.16. The van der Waals surface area contributed by atoms with Crippen molar-refractivity contribution in [2.75, 3.05) is 0 Å². The van der Waals surface area contributed by atoms with Crippen molar-refractivity contribution >= 4 is 0 Å². The van der Waals surface area contributed by atoms with Gasteiger partial charge in [-0.15, -0.1) is 0 Å². The predicted octanol–water partition coefficient (Wildman–Crippen LogP) is 1.83. The number of aromatic nitrogens is 4. The monoisotopic (exact) mass is 273 g/mol. The van der Waals surface area contributed by atoms with E-state index in [1.165, 1.54) is 5.56 Å². The molecule has 2 heterocycles. The summed E-state index contributed by atoms with van der Waals surface area (Å²) < 4.78 is 1.97. The highest BCUT2D eigenvalue weighted by Gasteiger charge is 2.11. The molecule has 0 saturated carbocycles. The van der Waals surface area contributed by atoms with Gasteiger partial charge >= 0.3 is 0 Å². The van der Waals surface area contributed by atoms with E-state index in [1.54, 1.807) is 6.33 Å². The van der Waals surface area contributed by atoms with E-state index in [-0.39, 0.29) is 6.04 Å². The number of aryl methyl sites for hydroxylation is 1. The third-order valence-corrected chi connectivity index (χ3v) is 3.23. The topological polar surface area (TPSA) is 69.6 Å². The summed E-state index contributed by atoms with van der Waals surface area (Å²) in [6.45, 7) is 5.25. The number of hydrogen-bond acceptors (Lipinski definition) is 4. The average molecular weight is 273 g/mol. The summed E-state index contributed by atoms with van der Waals surface area (Å²) in [6, 6.07) is 4.18. The van der Waals surface area contributed by atoms with Crippen molar-refractivity contribution in [3.05, 3.63) is 42.2 Å². The van der Waals surface area contributed by atoms with Gasteiger partial charge in [0.1, 0.15) is 12.2 Å². The molecule has 0 aliphatic heterocycles. The van der Waals surface area contributed by atoms with Gasteiger partial charge in [-0.1, -0.05) is 13.8 Å². The summed E-state index contributed by atoms with van der Waals surface area (Å²) in [5.74, 6) is 1.55. The van der Waals surface area contributed by atoms with Crippen molar-refractivity contribution in [3.63, 3.8) is 0 Å². The molecular weight excluding hydrogens is 250 g/mol. The van der Waals surface area contributed by atoms with Gasteiger partial charge in [-0.25, -0.2) is 9.67 Å². The fourth-order valence-electron chi connectivity index (χ4n) is 2.18. The van der Waals surface area contributed by atoms with Crippen molar-refractivity contribution in [1.82, 2.24) is 19.7 Å². The number of nitrogens with zero attached hydrogens (tertiary/aromatic N) is 4. The molecule has 5 heteroatoms. The van der Waals surface area contributed by atoms with Crippen molar-refractivity contribution in [2.24, 2.45) is 11.7 Å². The lowest BCUT2D eigenvalue weighted by Crippen LogP contribution is -2.26. The van der Waals surface area contributed by atoms with Crippen LogP contribution in [0.3, 0.4) is 0 Å². The van der Waals surface area contributed by atoms with Gasteiger partial charge < -0.3 is 5.73 Å². The minimum atomic E-state index is 0.110. The summed E-state index contributed by atoms with van der Waals surface area (Å²) in [5.41, 5.74) is 7.49. The third kappa shape index (κ3) is 4.42. The molecule has 0 amide bonds. The zero-order valence-electron chi connectivity index (χ0n) is 12.2. The molecule has 5 nitrogen and oxygen atoms in total. The van der Waals surface area contributed by atoms with E-state index in [0.717, 1.165) is 31.6 Å². The number of hydrogen-bond donors (Lipinski definition) is 1. The Morgan fingerprint density at radius 3 is 2.70 bits per heavy atom. The standard InChI is InChI=1S/C15H23N5/c1-12(2)10-20-15(18-11-19-20)9-14(16)4-3-13-5-7-17-8-6-13/h5-8,11-12,14H,3-4,9-10,16H2,1-2H3. The highest BCUT2D eigenvalue weighted by molar-refractivity contribution is 5.10. The maximum absolute atomic E-state index is 6.22. The van der Waals surface area contributed by atoms with Crippen LogP contribution in [0.25, 0.3) is 0 Å². The van der Waals surface area contributed by atoms with E-state index in [9.17, 15) is 0 Å². The van der Waals surface area contributed by atoms with Gasteiger partial charge in [-0.05, 0) is 36.5 Å². The van der Waals surface area contributed by atoms with Crippen molar-refractivity contribution in [3.8, 4) is 0 Å². The van der Waals surface area contributed by atoms with E-state index < -0.39 is 0 Å². The second kappa shape index (κ2) is 7.14. The molecule has 0 aliphatic carbocycles. The SMILES string of the molecule is CC(C)Cn1ncnc1CC(N)CCc1ccncc1. The van der Waals surface area contributed by atoms with Crippen LogP contribution >= 0.6 is 0 Å². The molecule has 2 N–H and O–H groups in total.